The molecule has 0 saturated carbocycles. The quantitative estimate of drug-likeness (QED) is 0.193. The summed E-state index contributed by atoms with van der Waals surface area (Å²) in [6, 6.07) is 41.3. The SMILES string of the molecule is CC(C)(C)c1ccnc(-n2c3ccccc3c3c(Cl)cc(Oc4cccc(-n5cnc6cc(-c7ccccc7)ccc65)c4)cc32)c1. The van der Waals surface area contributed by atoms with E-state index in [9.17, 15) is 0 Å². The van der Waals surface area contributed by atoms with Crippen molar-refractivity contribution >= 4 is 44.4 Å². The fourth-order valence-corrected chi connectivity index (χ4v) is 6.50. The monoisotopic (exact) mass is 618 g/mol. The summed E-state index contributed by atoms with van der Waals surface area (Å²) in [4.78, 5) is 9.51. The summed E-state index contributed by atoms with van der Waals surface area (Å²) in [5.41, 5.74) is 8.39. The van der Waals surface area contributed by atoms with Crippen LogP contribution in [0.2, 0.25) is 5.02 Å². The molecule has 8 rings (SSSR count). The zero-order valence-corrected chi connectivity index (χ0v) is 26.5. The number of halogens is 1. The van der Waals surface area contributed by atoms with Crippen molar-refractivity contribution < 1.29 is 4.74 Å². The lowest BCUT2D eigenvalue weighted by Crippen LogP contribution is -2.12. The number of hydrogen-bond acceptors (Lipinski definition) is 3. The molecule has 0 radical (unpaired) electrons. The van der Waals surface area contributed by atoms with Gasteiger partial charge in [0, 0.05) is 35.2 Å². The molecule has 5 aromatic carbocycles. The molecule has 8 aromatic rings. The standard InChI is InChI=1S/C40H31ClN4O/c1-40(2,3)28-18-19-42-38(21-28)45-35-15-8-7-14-32(35)39-33(41)23-31(24-37(39)45)46-30-13-9-12-29(22-30)44-25-43-34-20-27(16-17-36(34)44)26-10-5-4-6-11-26/h4-25H,1-3H3. The van der Waals surface area contributed by atoms with Gasteiger partial charge in [0.05, 0.1) is 32.8 Å². The third-order valence-electron chi connectivity index (χ3n) is 8.52. The second kappa shape index (κ2) is 10.9. The van der Waals surface area contributed by atoms with Gasteiger partial charge in [-0.2, -0.15) is 0 Å². The number of hydrogen-bond donors (Lipinski definition) is 0. The van der Waals surface area contributed by atoms with Gasteiger partial charge in [0.2, 0.25) is 0 Å². The van der Waals surface area contributed by atoms with Crippen molar-refractivity contribution in [3.8, 4) is 34.1 Å². The van der Waals surface area contributed by atoms with Crippen LogP contribution in [0.3, 0.4) is 0 Å². The highest BCUT2D eigenvalue weighted by atomic mass is 35.5. The molecular weight excluding hydrogens is 588 g/mol. The van der Waals surface area contributed by atoms with Crippen LogP contribution in [0.15, 0.2) is 134 Å². The second-order valence-corrected chi connectivity index (χ2v) is 13.0. The number of benzene rings is 5. The molecule has 224 valence electrons. The zero-order valence-electron chi connectivity index (χ0n) is 25.8. The van der Waals surface area contributed by atoms with Crippen LogP contribution in [-0.2, 0) is 5.41 Å². The van der Waals surface area contributed by atoms with Crippen LogP contribution in [0.1, 0.15) is 26.3 Å². The fraction of sp³-hybridized carbons (Fsp3) is 0.100. The summed E-state index contributed by atoms with van der Waals surface area (Å²) in [6.07, 6.45) is 3.74. The zero-order chi connectivity index (χ0) is 31.4. The average molecular weight is 619 g/mol. The molecule has 0 N–H and O–H groups in total. The Morgan fingerprint density at radius 1 is 0.652 bits per heavy atom. The Hall–Kier alpha value is -5.39. The van der Waals surface area contributed by atoms with Gasteiger partial charge < -0.3 is 4.74 Å². The van der Waals surface area contributed by atoms with E-state index in [0.29, 0.717) is 16.5 Å². The second-order valence-electron chi connectivity index (χ2n) is 12.6. The van der Waals surface area contributed by atoms with Crippen molar-refractivity contribution in [1.82, 2.24) is 19.1 Å². The Morgan fingerprint density at radius 3 is 2.33 bits per heavy atom. The summed E-state index contributed by atoms with van der Waals surface area (Å²) < 4.78 is 10.8. The molecule has 0 bridgehead atoms. The first kappa shape index (κ1) is 28.1. The topological polar surface area (TPSA) is 44.9 Å². The lowest BCUT2D eigenvalue weighted by atomic mass is 9.88. The van der Waals surface area contributed by atoms with Crippen LogP contribution in [0.5, 0.6) is 11.5 Å². The van der Waals surface area contributed by atoms with Crippen molar-refractivity contribution in [1.29, 1.82) is 0 Å². The molecule has 5 nitrogen and oxygen atoms in total. The van der Waals surface area contributed by atoms with E-state index in [0.717, 1.165) is 49.9 Å². The van der Waals surface area contributed by atoms with Gasteiger partial charge in [0.25, 0.3) is 0 Å². The van der Waals surface area contributed by atoms with Gasteiger partial charge in [-0.15, -0.1) is 0 Å². The predicted molar refractivity (Wildman–Crippen MR) is 189 cm³/mol. The van der Waals surface area contributed by atoms with E-state index in [2.05, 4.69) is 109 Å². The number of ether oxygens (including phenoxy) is 1. The van der Waals surface area contributed by atoms with Crippen LogP contribution < -0.4 is 4.74 Å². The highest BCUT2D eigenvalue weighted by Gasteiger charge is 2.20. The maximum atomic E-state index is 7.02. The van der Waals surface area contributed by atoms with Gasteiger partial charge in [-0.25, -0.2) is 9.97 Å². The van der Waals surface area contributed by atoms with Gasteiger partial charge in [-0.05, 0) is 64.6 Å². The minimum Gasteiger partial charge on any atom is -0.457 e. The highest BCUT2D eigenvalue weighted by Crippen LogP contribution is 2.40. The lowest BCUT2D eigenvalue weighted by molar-refractivity contribution is 0.483. The van der Waals surface area contributed by atoms with Crippen molar-refractivity contribution in [2.45, 2.75) is 26.2 Å². The molecule has 3 heterocycles. The normalized spacial score (nSPS) is 11.9. The number of fused-ring (bicyclic) bond motifs is 4. The van der Waals surface area contributed by atoms with Crippen LogP contribution in [0.4, 0.5) is 0 Å². The third-order valence-corrected chi connectivity index (χ3v) is 8.82. The van der Waals surface area contributed by atoms with Crippen molar-refractivity contribution in [2.75, 3.05) is 0 Å². The van der Waals surface area contributed by atoms with Gasteiger partial charge >= 0.3 is 0 Å². The predicted octanol–water partition coefficient (Wildman–Crippen LogP) is 10.9. The van der Waals surface area contributed by atoms with E-state index < -0.39 is 0 Å². The maximum absolute atomic E-state index is 7.02. The van der Waals surface area contributed by atoms with Gasteiger partial charge in [-0.1, -0.05) is 93.0 Å². The van der Waals surface area contributed by atoms with Gasteiger partial charge in [-0.3, -0.25) is 9.13 Å². The molecule has 6 heteroatoms. The van der Waals surface area contributed by atoms with Crippen molar-refractivity contribution in [2.24, 2.45) is 0 Å². The Morgan fingerprint density at radius 2 is 1.48 bits per heavy atom. The van der Waals surface area contributed by atoms with E-state index in [1.165, 1.54) is 11.1 Å². The molecule has 0 aliphatic heterocycles. The Balaban J connectivity index is 1.19. The van der Waals surface area contributed by atoms with E-state index in [4.69, 9.17) is 26.3 Å². The Kier molecular flexibility index (Phi) is 6.66. The largest absolute Gasteiger partial charge is 0.457 e. The number of imidazole rings is 1. The van der Waals surface area contributed by atoms with Gasteiger partial charge in [0.15, 0.2) is 0 Å². The van der Waals surface area contributed by atoms with E-state index in [1.54, 1.807) is 0 Å². The minimum absolute atomic E-state index is 0.0157. The maximum Gasteiger partial charge on any atom is 0.137 e. The van der Waals surface area contributed by atoms with Crippen molar-refractivity contribution in [3.05, 3.63) is 144 Å². The molecule has 3 aromatic heterocycles. The Bertz CT molecular complexity index is 2400. The van der Waals surface area contributed by atoms with Crippen LogP contribution in [0.25, 0.3) is 55.5 Å². The molecule has 0 spiro atoms. The van der Waals surface area contributed by atoms with Crippen molar-refractivity contribution in [3.63, 3.8) is 0 Å². The number of para-hydroxylation sites is 1. The average Bonchev–Trinajstić information content (AvgIpc) is 3.64. The first-order chi connectivity index (χ1) is 22.3. The molecule has 0 aliphatic carbocycles. The fourth-order valence-electron chi connectivity index (χ4n) is 6.20. The molecule has 0 amide bonds. The molecule has 0 unspecified atom stereocenters. The van der Waals surface area contributed by atoms with E-state index in [-0.39, 0.29) is 5.41 Å². The molecule has 0 saturated heterocycles. The molecule has 0 atom stereocenters. The first-order valence-corrected chi connectivity index (χ1v) is 15.7. The number of rotatable bonds is 5. The number of pyridine rings is 1. The summed E-state index contributed by atoms with van der Waals surface area (Å²) in [5.74, 6) is 2.19. The number of nitrogens with zero attached hydrogens (tertiary/aromatic N) is 4. The van der Waals surface area contributed by atoms with E-state index in [1.807, 2.05) is 55.0 Å². The number of aromatic nitrogens is 4. The smallest absolute Gasteiger partial charge is 0.137 e. The van der Waals surface area contributed by atoms with E-state index >= 15 is 0 Å². The van der Waals surface area contributed by atoms with Crippen LogP contribution in [-0.4, -0.2) is 19.1 Å². The summed E-state index contributed by atoms with van der Waals surface area (Å²) in [5, 5.41) is 2.67. The van der Waals surface area contributed by atoms with Crippen LogP contribution in [0, 0.1) is 0 Å². The van der Waals surface area contributed by atoms with Gasteiger partial charge in [0.1, 0.15) is 23.6 Å². The first-order valence-electron chi connectivity index (χ1n) is 15.3. The minimum atomic E-state index is -0.0157. The lowest BCUT2D eigenvalue weighted by Gasteiger charge is -2.20. The molecular formula is C40H31ClN4O. The summed E-state index contributed by atoms with van der Waals surface area (Å²) in [6.45, 7) is 6.64. The highest BCUT2D eigenvalue weighted by molar-refractivity contribution is 6.38. The third kappa shape index (κ3) is 4.90. The summed E-state index contributed by atoms with van der Waals surface area (Å²) in [7, 11) is 0. The van der Waals surface area contributed by atoms with Crippen LogP contribution >= 0.6 is 11.6 Å². The Labute approximate surface area is 272 Å². The summed E-state index contributed by atoms with van der Waals surface area (Å²) >= 11 is 7.02. The molecule has 0 fully saturated rings. The molecule has 46 heavy (non-hydrogen) atoms. The molecule has 0 aliphatic rings.